The number of allylic oxidation sites excluding steroid dienone is 2. The fraction of sp³-hybridized carbons (Fsp3) is 0.871. The molecule has 0 aliphatic heterocycles. The van der Waals surface area contributed by atoms with Crippen LogP contribution in [0, 0.1) is 0 Å². The van der Waals surface area contributed by atoms with Gasteiger partial charge in [-0.2, -0.15) is 0 Å². The first kappa shape index (κ1) is 34.6. The number of rotatable bonds is 26. The number of likely N-dealkylation sites (N-methyl/N-ethyl adjacent to an activating group) is 1. The van der Waals surface area contributed by atoms with Gasteiger partial charge in [-0.25, -0.2) is 0 Å². The molecule has 212 valence electrons. The average Bonchev–Trinajstić information content (AvgIpc) is 2.78. The van der Waals surface area contributed by atoms with Crippen LogP contribution in [0.2, 0.25) is 0 Å². The van der Waals surface area contributed by atoms with Crippen LogP contribution < -0.4 is 0 Å². The van der Waals surface area contributed by atoms with Crippen LogP contribution >= 0.6 is 0 Å². The van der Waals surface area contributed by atoms with E-state index in [4.69, 9.17) is 9.84 Å². The van der Waals surface area contributed by atoms with Crippen molar-refractivity contribution in [3.63, 3.8) is 0 Å². The minimum absolute atomic E-state index is 0.129. The molecule has 5 nitrogen and oxygen atoms in total. The predicted octanol–water partition coefficient (Wildman–Crippen LogP) is 8.46. The van der Waals surface area contributed by atoms with Gasteiger partial charge in [-0.15, -0.1) is 0 Å². The van der Waals surface area contributed by atoms with Crippen molar-refractivity contribution < 1.29 is 23.9 Å². The highest BCUT2D eigenvalue weighted by Crippen LogP contribution is 2.14. The molecular weight excluding hydrogens is 450 g/mol. The lowest BCUT2D eigenvalue weighted by Crippen LogP contribution is -2.43. The highest BCUT2D eigenvalue weighted by Gasteiger charge is 2.24. The lowest BCUT2D eigenvalue weighted by Gasteiger charge is -2.28. The molecule has 0 aromatic rings. The van der Waals surface area contributed by atoms with Gasteiger partial charge in [0.15, 0.2) is 6.10 Å². The van der Waals surface area contributed by atoms with Gasteiger partial charge in [0, 0.05) is 6.42 Å². The Morgan fingerprint density at radius 2 is 1.11 bits per heavy atom. The zero-order valence-electron chi connectivity index (χ0n) is 24.4. The first-order valence-corrected chi connectivity index (χ1v) is 15.1. The summed E-state index contributed by atoms with van der Waals surface area (Å²) in [7, 11) is 5.91. The number of carboxylic acid groups (broad SMARTS) is 1. The molecule has 0 fully saturated rings. The molecule has 36 heavy (non-hydrogen) atoms. The molecule has 0 aromatic carbocycles. The molecular formula is C31H60NO4+. The lowest BCUT2D eigenvalue weighted by molar-refractivity contribution is -0.873. The Hall–Kier alpha value is -1.36. The molecule has 0 rings (SSSR count). The Bertz CT molecular complexity index is 553. The fourth-order valence-corrected chi connectivity index (χ4v) is 4.59. The Morgan fingerprint density at radius 1 is 0.694 bits per heavy atom. The summed E-state index contributed by atoms with van der Waals surface area (Å²) in [5.41, 5.74) is 0. The SMILES string of the molecule is CCCCCCCCCCCC/C=C/CCCCCCCCCC(=O)OC(CC(=O)O)C[N+](C)(C)C. The summed E-state index contributed by atoms with van der Waals surface area (Å²) in [5, 5.41) is 9.05. The van der Waals surface area contributed by atoms with Gasteiger partial charge in [-0.05, 0) is 32.1 Å². The molecule has 0 amide bonds. The van der Waals surface area contributed by atoms with Crippen molar-refractivity contribution >= 4 is 11.9 Å². The van der Waals surface area contributed by atoms with Crippen molar-refractivity contribution in [3.8, 4) is 0 Å². The van der Waals surface area contributed by atoms with Gasteiger partial charge in [-0.3, -0.25) is 9.59 Å². The molecule has 0 aliphatic rings. The van der Waals surface area contributed by atoms with Gasteiger partial charge < -0.3 is 14.3 Å². The second-order valence-corrected chi connectivity index (χ2v) is 11.6. The van der Waals surface area contributed by atoms with Crippen molar-refractivity contribution in [2.45, 2.75) is 148 Å². The van der Waals surface area contributed by atoms with E-state index < -0.39 is 12.1 Å². The smallest absolute Gasteiger partial charge is 0.307 e. The molecule has 0 radical (unpaired) electrons. The highest BCUT2D eigenvalue weighted by molar-refractivity contribution is 5.71. The third-order valence-electron chi connectivity index (χ3n) is 6.59. The molecule has 0 spiro atoms. The summed E-state index contributed by atoms with van der Waals surface area (Å²) < 4.78 is 6.01. The van der Waals surface area contributed by atoms with Crippen LogP contribution in [0.3, 0.4) is 0 Å². The van der Waals surface area contributed by atoms with E-state index in [-0.39, 0.29) is 12.4 Å². The minimum atomic E-state index is -0.925. The molecule has 0 bridgehead atoms. The molecule has 1 N–H and O–H groups in total. The van der Waals surface area contributed by atoms with E-state index in [0.717, 1.165) is 19.3 Å². The van der Waals surface area contributed by atoms with Crippen LogP contribution in [0.1, 0.15) is 142 Å². The fourth-order valence-electron chi connectivity index (χ4n) is 4.59. The summed E-state index contributed by atoms with van der Waals surface area (Å²) in [6.07, 6.45) is 29.0. The Labute approximate surface area is 223 Å². The van der Waals surface area contributed by atoms with E-state index in [1.807, 2.05) is 21.1 Å². The highest BCUT2D eigenvalue weighted by atomic mass is 16.5. The van der Waals surface area contributed by atoms with Crippen LogP contribution in [-0.4, -0.2) is 55.3 Å². The quantitative estimate of drug-likeness (QED) is 0.0548. The van der Waals surface area contributed by atoms with Crippen LogP contribution in [0.15, 0.2) is 12.2 Å². The zero-order chi connectivity index (χ0) is 26.9. The number of hydrogen-bond donors (Lipinski definition) is 1. The lowest BCUT2D eigenvalue weighted by atomic mass is 10.1. The second kappa shape index (κ2) is 24.0. The topological polar surface area (TPSA) is 63.6 Å². The van der Waals surface area contributed by atoms with E-state index in [1.165, 1.54) is 103 Å². The third kappa shape index (κ3) is 27.2. The molecule has 0 aliphatic carbocycles. The van der Waals surface area contributed by atoms with Gasteiger partial charge in [0.05, 0.1) is 27.6 Å². The number of quaternary nitrogens is 1. The number of hydrogen-bond acceptors (Lipinski definition) is 3. The number of aliphatic carboxylic acids is 1. The maximum absolute atomic E-state index is 12.1. The first-order valence-electron chi connectivity index (χ1n) is 15.1. The molecule has 1 atom stereocenters. The Morgan fingerprint density at radius 3 is 1.53 bits per heavy atom. The van der Waals surface area contributed by atoms with E-state index in [0.29, 0.717) is 17.4 Å². The number of unbranched alkanes of at least 4 members (excludes halogenated alkanes) is 17. The van der Waals surface area contributed by atoms with Crippen molar-refractivity contribution in [1.29, 1.82) is 0 Å². The van der Waals surface area contributed by atoms with Crippen LogP contribution in [0.4, 0.5) is 0 Å². The summed E-state index contributed by atoms with van der Waals surface area (Å²) in [4.78, 5) is 23.1. The first-order chi connectivity index (χ1) is 17.2. The largest absolute Gasteiger partial charge is 0.481 e. The van der Waals surface area contributed by atoms with Crippen molar-refractivity contribution in [2.24, 2.45) is 0 Å². The van der Waals surface area contributed by atoms with Crippen LogP contribution in [-0.2, 0) is 14.3 Å². The summed E-state index contributed by atoms with van der Waals surface area (Å²) in [6, 6.07) is 0. The molecule has 1 unspecified atom stereocenters. The van der Waals surface area contributed by atoms with Crippen molar-refractivity contribution in [1.82, 2.24) is 0 Å². The van der Waals surface area contributed by atoms with Gasteiger partial charge in [-0.1, -0.05) is 109 Å². The third-order valence-corrected chi connectivity index (χ3v) is 6.59. The summed E-state index contributed by atoms with van der Waals surface area (Å²) >= 11 is 0. The minimum Gasteiger partial charge on any atom is -0.481 e. The maximum atomic E-state index is 12.1. The van der Waals surface area contributed by atoms with E-state index in [2.05, 4.69) is 19.1 Å². The normalized spacial score (nSPS) is 12.8. The molecule has 5 heteroatoms. The molecule has 0 saturated carbocycles. The van der Waals surface area contributed by atoms with E-state index in [1.54, 1.807) is 0 Å². The van der Waals surface area contributed by atoms with E-state index >= 15 is 0 Å². The van der Waals surface area contributed by atoms with Crippen molar-refractivity contribution in [2.75, 3.05) is 27.7 Å². The van der Waals surface area contributed by atoms with Gasteiger partial charge in [0.2, 0.25) is 0 Å². The Balaban J connectivity index is 3.49. The zero-order valence-corrected chi connectivity index (χ0v) is 24.4. The molecule has 0 saturated heterocycles. The van der Waals surface area contributed by atoms with Crippen LogP contribution in [0.5, 0.6) is 0 Å². The monoisotopic (exact) mass is 510 g/mol. The predicted molar refractivity (Wildman–Crippen MR) is 152 cm³/mol. The average molecular weight is 511 g/mol. The van der Waals surface area contributed by atoms with E-state index in [9.17, 15) is 9.59 Å². The van der Waals surface area contributed by atoms with Crippen LogP contribution in [0.25, 0.3) is 0 Å². The number of esters is 1. The molecule has 0 aromatic heterocycles. The molecule has 0 heterocycles. The Kier molecular flexibility index (Phi) is 23.1. The standard InChI is InChI=1S/C31H59NO4/c1-5-6-7-8-9-10-11-12-13-14-15-16-17-18-19-20-21-22-23-24-25-26-31(35)36-29(27-30(33)34)28-32(2,3)4/h16-17,29H,5-15,18-28H2,1-4H3/p+1/b17-16+. The number of nitrogens with zero attached hydrogens (tertiary/aromatic N) is 1. The van der Waals surface area contributed by atoms with Gasteiger partial charge in [0.1, 0.15) is 6.54 Å². The number of ether oxygens (including phenoxy) is 1. The maximum Gasteiger partial charge on any atom is 0.307 e. The van der Waals surface area contributed by atoms with Gasteiger partial charge >= 0.3 is 11.9 Å². The van der Waals surface area contributed by atoms with Gasteiger partial charge in [0.25, 0.3) is 0 Å². The number of carboxylic acids is 1. The second-order valence-electron chi connectivity index (χ2n) is 11.6. The van der Waals surface area contributed by atoms with Crippen molar-refractivity contribution in [3.05, 3.63) is 12.2 Å². The number of carbonyl (C=O) groups is 2. The summed E-state index contributed by atoms with van der Waals surface area (Å²) in [5.74, 6) is -1.19. The number of carbonyl (C=O) groups excluding carboxylic acids is 1. The summed E-state index contributed by atoms with van der Waals surface area (Å²) in [6.45, 7) is 2.79.